The number of nitrogens with one attached hydrogen (secondary N) is 1. The average Bonchev–Trinajstić information content (AvgIpc) is 2.71. The van der Waals surface area contributed by atoms with Gasteiger partial charge in [-0.15, -0.1) is 0 Å². The third kappa shape index (κ3) is 5.75. The Hall–Kier alpha value is -2.49. The summed E-state index contributed by atoms with van der Waals surface area (Å²) in [5.74, 6) is 1.71. The van der Waals surface area contributed by atoms with Gasteiger partial charge in [-0.2, -0.15) is 0 Å². The summed E-state index contributed by atoms with van der Waals surface area (Å²) in [7, 11) is 0. The van der Waals surface area contributed by atoms with Crippen molar-refractivity contribution in [2.24, 2.45) is 0 Å². The zero-order valence-corrected chi connectivity index (χ0v) is 16.1. The Bertz CT molecular complexity index is 740. The van der Waals surface area contributed by atoms with Gasteiger partial charge in [-0.25, -0.2) is 0 Å². The van der Waals surface area contributed by atoms with E-state index in [-0.39, 0.29) is 12.5 Å². The van der Waals surface area contributed by atoms with Crippen LogP contribution >= 0.6 is 0 Å². The van der Waals surface area contributed by atoms with Gasteiger partial charge < -0.3 is 14.8 Å². The third-order valence-corrected chi connectivity index (χ3v) is 4.91. The van der Waals surface area contributed by atoms with E-state index in [0.717, 1.165) is 37.2 Å². The third-order valence-electron chi connectivity index (χ3n) is 4.91. The van der Waals surface area contributed by atoms with E-state index < -0.39 is 0 Å². The van der Waals surface area contributed by atoms with Crippen LogP contribution in [0.4, 0.5) is 0 Å². The zero-order valence-electron chi connectivity index (χ0n) is 16.1. The minimum absolute atomic E-state index is 0.0601. The fourth-order valence-corrected chi connectivity index (χ4v) is 3.52. The second-order valence-electron chi connectivity index (χ2n) is 6.92. The summed E-state index contributed by atoms with van der Waals surface area (Å²) < 4.78 is 11.2. The highest BCUT2D eigenvalue weighted by molar-refractivity contribution is 5.77. The molecule has 0 radical (unpaired) electrons. The maximum Gasteiger partial charge on any atom is 0.257 e. The Morgan fingerprint density at radius 2 is 1.85 bits per heavy atom. The Morgan fingerprint density at radius 1 is 1.04 bits per heavy atom. The first-order valence-corrected chi connectivity index (χ1v) is 9.98. The molecule has 4 nitrogen and oxygen atoms in total. The molecule has 1 aliphatic rings. The van der Waals surface area contributed by atoms with E-state index in [4.69, 9.17) is 9.47 Å². The molecule has 4 heteroatoms. The molecule has 2 aromatic rings. The second kappa shape index (κ2) is 10.0. The van der Waals surface area contributed by atoms with Gasteiger partial charge in [0.05, 0.1) is 6.61 Å². The lowest BCUT2D eigenvalue weighted by Gasteiger charge is -2.19. The van der Waals surface area contributed by atoms with E-state index in [0.29, 0.717) is 13.2 Å². The van der Waals surface area contributed by atoms with Crippen LogP contribution in [0, 0.1) is 0 Å². The summed E-state index contributed by atoms with van der Waals surface area (Å²) in [6.07, 6.45) is 6.44. The van der Waals surface area contributed by atoms with Crippen LogP contribution in [0.3, 0.4) is 0 Å². The van der Waals surface area contributed by atoms with E-state index in [1.165, 1.54) is 29.5 Å². The smallest absolute Gasteiger partial charge is 0.257 e. The number of carbonyl (C=O) groups is 1. The fraction of sp³-hybridized carbons (Fsp3) is 0.435. The van der Waals surface area contributed by atoms with Gasteiger partial charge >= 0.3 is 0 Å². The molecular formula is C23H29NO3. The Labute approximate surface area is 161 Å². The first-order valence-electron chi connectivity index (χ1n) is 9.98. The lowest BCUT2D eigenvalue weighted by atomic mass is 9.91. The molecule has 0 heterocycles. The van der Waals surface area contributed by atoms with Gasteiger partial charge in [-0.3, -0.25) is 4.79 Å². The Kier molecular flexibility index (Phi) is 7.14. The molecule has 0 saturated heterocycles. The van der Waals surface area contributed by atoms with E-state index in [9.17, 15) is 4.79 Å². The first-order chi connectivity index (χ1) is 13.3. The summed E-state index contributed by atoms with van der Waals surface area (Å²) in [5.41, 5.74) is 3.90. The highest BCUT2D eigenvalue weighted by Crippen LogP contribution is 2.29. The number of fused-ring (bicyclic) bond motifs is 1. The molecule has 144 valence electrons. The molecule has 0 atom stereocenters. The van der Waals surface area contributed by atoms with Gasteiger partial charge in [0.2, 0.25) is 0 Å². The number of hydrogen-bond donors (Lipinski definition) is 1. The van der Waals surface area contributed by atoms with Gasteiger partial charge in [0, 0.05) is 6.54 Å². The van der Waals surface area contributed by atoms with Crippen LogP contribution in [0.1, 0.15) is 42.9 Å². The topological polar surface area (TPSA) is 47.6 Å². The minimum Gasteiger partial charge on any atom is -0.494 e. The molecule has 27 heavy (non-hydrogen) atoms. The predicted octanol–water partition coefficient (Wildman–Crippen LogP) is 4.09. The second-order valence-corrected chi connectivity index (χ2v) is 6.92. The van der Waals surface area contributed by atoms with Crippen molar-refractivity contribution < 1.29 is 14.3 Å². The molecular weight excluding hydrogens is 338 g/mol. The highest BCUT2D eigenvalue weighted by Gasteiger charge is 2.14. The number of rotatable bonds is 9. The van der Waals surface area contributed by atoms with Gasteiger partial charge in [0.1, 0.15) is 11.5 Å². The largest absolute Gasteiger partial charge is 0.494 e. The summed E-state index contributed by atoms with van der Waals surface area (Å²) >= 11 is 0. The zero-order chi connectivity index (χ0) is 18.9. The molecule has 0 unspecified atom stereocenters. The maximum atomic E-state index is 12.1. The highest BCUT2D eigenvalue weighted by atomic mass is 16.5. The van der Waals surface area contributed by atoms with Crippen LogP contribution < -0.4 is 14.8 Å². The van der Waals surface area contributed by atoms with Crippen molar-refractivity contribution in [2.75, 3.05) is 19.8 Å². The summed E-state index contributed by atoms with van der Waals surface area (Å²) in [4.78, 5) is 12.1. The maximum absolute atomic E-state index is 12.1. The van der Waals surface area contributed by atoms with Crippen LogP contribution in [-0.2, 0) is 24.1 Å². The van der Waals surface area contributed by atoms with Crippen LogP contribution in [0.2, 0.25) is 0 Å². The summed E-state index contributed by atoms with van der Waals surface area (Å²) in [5, 5.41) is 2.95. The van der Waals surface area contributed by atoms with Crippen molar-refractivity contribution in [3.8, 4) is 11.5 Å². The molecule has 0 saturated carbocycles. The van der Waals surface area contributed by atoms with Crippen molar-refractivity contribution >= 4 is 5.91 Å². The minimum atomic E-state index is -0.0601. The molecule has 1 amide bonds. The monoisotopic (exact) mass is 367 g/mol. The Morgan fingerprint density at radius 3 is 2.67 bits per heavy atom. The molecule has 3 rings (SSSR count). The van der Waals surface area contributed by atoms with Crippen molar-refractivity contribution in [1.29, 1.82) is 0 Å². The fourth-order valence-electron chi connectivity index (χ4n) is 3.52. The predicted molar refractivity (Wildman–Crippen MR) is 108 cm³/mol. The van der Waals surface area contributed by atoms with E-state index in [1.807, 2.05) is 31.2 Å². The first kappa shape index (κ1) is 19.3. The van der Waals surface area contributed by atoms with Crippen molar-refractivity contribution in [2.45, 2.75) is 45.4 Å². The van der Waals surface area contributed by atoms with Crippen molar-refractivity contribution in [3.63, 3.8) is 0 Å². The SMILES string of the molecule is CCOc1ccc(CCCNC(=O)COc2cccc3c2CCCC3)cc1. The van der Waals surface area contributed by atoms with Crippen molar-refractivity contribution in [3.05, 3.63) is 59.2 Å². The standard InChI is InChI=1S/C23H29NO3/c1-2-26-20-14-12-18(13-15-20)7-6-16-24-23(25)17-27-22-11-5-9-19-8-3-4-10-21(19)22/h5,9,11-15H,2-4,6-8,10,16-17H2,1H3,(H,24,25). The summed E-state index contributed by atoms with van der Waals surface area (Å²) in [6, 6.07) is 14.3. The molecule has 0 fully saturated rings. The number of ether oxygens (including phenoxy) is 2. The molecule has 1 aliphatic carbocycles. The molecule has 1 N–H and O–H groups in total. The van der Waals surface area contributed by atoms with Crippen LogP contribution in [0.15, 0.2) is 42.5 Å². The van der Waals surface area contributed by atoms with Gasteiger partial charge in [-0.1, -0.05) is 24.3 Å². The number of amides is 1. The van der Waals surface area contributed by atoms with E-state index >= 15 is 0 Å². The lowest BCUT2D eigenvalue weighted by Crippen LogP contribution is -2.30. The molecule has 0 aliphatic heterocycles. The molecule has 2 aromatic carbocycles. The number of hydrogen-bond acceptors (Lipinski definition) is 3. The average molecular weight is 367 g/mol. The quantitative estimate of drug-likeness (QED) is 0.679. The normalized spacial score (nSPS) is 12.9. The molecule has 0 bridgehead atoms. The lowest BCUT2D eigenvalue weighted by molar-refractivity contribution is -0.123. The van der Waals surface area contributed by atoms with E-state index in [2.05, 4.69) is 23.5 Å². The number of carbonyl (C=O) groups excluding carboxylic acids is 1. The van der Waals surface area contributed by atoms with Crippen LogP contribution in [0.25, 0.3) is 0 Å². The number of benzene rings is 2. The van der Waals surface area contributed by atoms with Crippen molar-refractivity contribution in [1.82, 2.24) is 5.32 Å². The number of aryl methyl sites for hydroxylation is 2. The van der Waals surface area contributed by atoms with Gasteiger partial charge in [-0.05, 0) is 80.3 Å². The molecule has 0 spiro atoms. The summed E-state index contributed by atoms with van der Waals surface area (Å²) in [6.45, 7) is 3.40. The molecule has 0 aromatic heterocycles. The van der Waals surface area contributed by atoms with Crippen LogP contribution in [-0.4, -0.2) is 25.7 Å². The Balaban J connectivity index is 1.36. The van der Waals surface area contributed by atoms with Crippen LogP contribution in [0.5, 0.6) is 11.5 Å². The van der Waals surface area contributed by atoms with Gasteiger partial charge in [0.15, 0.2) is 6.61 Å². The van der Waals surface area contributed by atoms with E-state index in [1.54, 1.807) is 0 Å². The van der Waals surface area contributed by atoms with Gasteiger partial charge in [0.25, 0.3) is 5.91 Å².